The fourth-order valence-electron chi connectivity index (χ4n) is 2.70. The second-order valence-corrected chi connectivity index (χ2v) is 6.13. The molecule has 1 amide bonds. The van der Waals surface area contributed by atoms with Crippen molar-refractivity contribution in [2.45, 2.75) is 13.3 Å². The number of carbonyl (C=O) groups is 2. The van der Waals surface area contributed by atoms with Crippen LogP contribution in [0.25, 0.3) is 0 Å². The number of methoxy groups -OCH3 is 1. The van der Waals surface area contributed by atoms with Crippen LogP contribution in [-0.2, 0) is 11.2 Å². The smallest absolute Gasteiger partial charge is 0.339 e. The zero-order valence-electron chi connectivity index (χ0n) is 15.7. The number of aromatic nitrogens is 1. The predicted octanol–water partition coefficient (Wildman–Crippen LogP) is 4.43. The Morgan fingerprint density at radius 1 is 1.00 bits per heavy atom. The Kier molecular flexibility index (Phi) is 6.01. The molecule has 2 aromatic carbocycles. The molecule has 2 N–H and O–H groups in total. The topological polar surface area (TPSA) is 80.3 Å². The van der Waals surface area contributed by atoms with Crippen molar-refractivity contribution in [1.82, 2.24) is 4.98 Å². The molecule has 0 radical (unpaired) electrons. The molecule has 28 heavy (non-hydrogen) atoms. The van der Waals surface area contributed by atoms with Gasteiger partial charge >= 0.3 is 5.97 Å². The van der Waals surface area contributed by atoms with E-state index < -0.39 is 5.97 Å². The van der Waals surface area contributed by atoms with Crippen molar-refractivity contribution >= 4 is 28.9 Å². The van der Waals surface area contributed by atoms with E-state index in [4.69, 9.17) is 4.74 Å². The molecule has 0 aliphatic carbocycles. The van der Waals surface area contributed by atoms with E-state index >= 15 is 0 Å². The number of esters is 1. The molecule has 142 valence electrons. The molecule has 6 heteroatoms. The number of nitrogens with one attached hydrogen (secondary N) is 2. The van der Waals surface area contributed by atoms with Crippen LogP contribution in [0.1, 0.15) is 33.2 Å². The first kappa shape index (κ1) is 19.1. The largest absolute Gasteiger partial charge is 0.465 e. The maximum absolute atomic E-state index is 12.5. The van der Waals surface area contributed by atoms with E-state index in [9.17, 15) is 9.59 Å². The van der Waals surface area contributed by atoms with E-state index in [0.29, 0.717) is 22.5 Å². The lowest BCUT2D eigenvalue weighted by Crippen LogP contribution is -2.12. The van der Waals surface area contributed by atoms with Gasteiger partial charge in [-0.3, -0.25) is 9.78 Å². The van der Waals surface area contributed by atoms with Crippen LogP contribution in [0.5, 0.6) is 0 Å². The SMILES string of the molecule is CCc1ccc(NC(=O)c2cncc(Nc3ccccc3C(=O)OC)c2)cc1. The van der Waals surface area contributed by atoms with Crippen LogP contribution in [0.4, 0.5) is 17.1 Å². The van der Waals surface area contributed by atoms with Crippen molar-refractivity contribution in [3.05, 3.63) is 83.7 Å². The summed E-state index contributed by atoms with van der Waals surface area (Å²) in [5, 5.41) is 5.98. The normalized spacial score (nSPS) is 10.2. The van der Waals surface area contributed by atoms with Crippen LogP contribution < -0.4 is 10.6 Å². The van der Waals surface area contributed by atoms with Gasteiger partial charge in [0.2, 0.25) is 0 Å². The highest BCUT2D eigenvalue weighted by Gasteiger charge is 2.12. The van der Waals surface area contributed by atoms with Crippen molar-refractivity contribution in [3.8, 4) is 0 Å². The van der Waals surface area contributed by atoms with E-state index in [0.717, 1.165) is 12.1 Å². The molecule has 0 bridgehead atoms. The van der Waals surface area contributed by atoms with Gasteiger partial charge in [-0.05, 0) is 42.3 Å². The first-order valence-corrected chi connectivity index (χ1v) is 8.90. The fraction of sp³-hybridized carbons (Fsp3) is 0.136. The van der Waals surface area contributed by atoms with Gasteiger partial charge in [0.25, 0.3) is 5.91 Å². The van der Waals surface area contributed by atoms with Crippen molar-refractivity contribution < 1.29 is 14.3 Å². The maximum Gasteiger partial charge on any atom is 0.339 e. The van der Waals surface area contributed by atoms with Gasteiger partial charge in [-0.25, -0.2) is 4.79 Å². The van der Waals surface area contributed by atoms with Gasteiger partial charge in [-0.1, -0.05) is 31.2 Å². The number of benzene rings is 2. The van der Waals surface area contributed by atoms with Crippen LogP contribution in [0.15, 0.2) is 67.0 Å². The van der Waals surface area contributed by atoms with Crippen LogP contribution in [0, 0.1) is 0 Å². The minimum atomic E-state index is -0.444. The molecule has 0 aliphatic heterocycles. The highest BCUT2D eigenvalue weighted by Crippen LogP contribution is 2.22. The van der Waals surface area contributed by atoms with Crippen molar-refractivity contribution in [2.75, 3.05) is 17.7 Å². The van der Waals surface area contributed by atoms with Crippen LogP contribution >= 0.6 is 0 Å². The van der Waals surface area contributed by atoms with Gasteiger partial charge in [0.1, 0.15) is 0 Å². The molecular formula is C22H21N3O3. The molecule has 3 rings (SSSR count). The highest BCUT2D eigenvalue weighted by atomic mass is 16.5. The van der Waals surface area contributed by atoms with Crippen molar-refractivity contribution in [2.24, 2.45) is 0 Å². The second kappa shape index (κ2) is 8.81. The zero-order chi connectivity index (χ0) is 19.9. The van der Waals surface area contributed by atoms with E-state index in [1.165, 1.54) is 18.9 Å². The summed E-state index contributed by atoms with van der Waals surface area (Å²) in [4.78, 5) is 28.6. The minimum absolute atomic E-state index is 0.262. The molecule has 0 saturated carbocycles. The predicted molar refractivity (Wildman–Crippen MR) is 109 cm³/mol. The number of para-hydroxylation sites is 1. The molecule has 6 nitrogen and oxygen atoms in total. The number of pyridine rings is 1. The number of ether oxygens (including phenoxy) is 1. The van der Waals surface area contributed by atoms with Crippen LogP contribution in [0.2, 0.25) is 0 Å². The zero-order valence-corrected chi connectivity index (χ0v) is 15.7. The van der Waals surface area contributed by atoms with Gasteiger partial charge in [0.05, 0.1) is 35.8 Å². The van der Waals surface area contributed by atoms with E-state index in [-0.39, 0.29) is 5.91 Å². The highest BCUT2D eigenvalue weighted by molar-refractivity contribution is 6.04. The van der Waals surface area contributed by atoms with Gasteiger partial charge < -0.3 is 15.4 Å². The lowest BCUT2D eigenvalue weighted by Gasteiger charge is -2.11. The summed E-state index contributed by atoms with van der Waals surface area (Å²) in [7, 11) is 1.33. The summed E-state index contributed by atoms with van der Waals surface area (Å²) in [5.41, 5.74) is 3.89. The third-order valence-corrected chi connectivity index (χ3v) is 4.23. The summed E-state index contributed by atoms with van der Waals surface area (Å²) in [6, 6.07) is 16.4. The number of anilines is 3. The quantitative estimate of drug-likeness (QED) is 0.623. The van der Waals surface area contributed by atoms with Crippen molar-refractivity contribution in [1.29, 1.82) is 0 Å². The number of rotatable bonds is 6. The number of hydrogen-bond acceptors (Lipinski definition) is 5. The Bertz CT molecular complexity index is 984. The molecule has 0 fully saturated rings. The molecule has 3 aromatic rings. The molecule has 0 unspecified atom stereocenters. The van der Waals surface area contributed by atoms with Crippen LogP contribution in [0.3, 0.4) is 0 Å². The summed E-state index contributed by atoms with van der Waals surface area (Å²) in [5.74, 6) is -0.706. The first-order valence-electron chi connectivity index (χ1n) is 8.90. The summed E-state index contributed by atoms with van der Waals surface area (Å²) in [6.45, 7) is 2.08. The van der Waals surface area contributed by atoms with E-state index in [1.54, 1.807) is 36.5 Å². The number of amides is 1. The average Bonchev–Trinajstić information content (AvgIpc) is 2.74. The number of aryl methyl sites for hydroxylation is 1. The maximum atomic E-state index is 12.5. The van der Waals surface area contributed by atoms with Gasteiger partial charge in [-0.2, -0.15) is 0 Å². The fourth-order valence-corrected chi connectivity index (χ4v) is 2.70. The van der Waals surface area contributed by atoms with Gasteiger partial charge in [-0.15, -0.1) is 0 Å². The van der Waals surface area contributed by atoms with Gasteiger partial charge in [0.15, 0.2) is 0 Å². The number of nitrogens with zero attached hydrogens (tertiary/aromatic N) is 1. The van der Waals surface area contributed by atoms with Gasteiger partial charge in [0, 0.05) is 11.9 Å². The average molecular weight is 375 g/mol. The molecule has 1 heterocycles. The lowest BCUT2D eigenvalue weighted by molar-refractivity contribution is 0.0601. The summed E-state index contributed by atoms with van der Waals surface area (Å²) >= 11 is 0. The molecule has 0 spiro atoms. The molecule has 0 saturated heterocycles. The minimum Gasteiger partial charge on any atom is -0.465 e. The second-order valence-electron chi connectivity index (χ2n) is 6.13. The third kappa shape index (κ3) is 4.54. The molecular weight excluding hydrogens is 354 g/mol. The summed E-state index contributed by atoms with van der Waals surface area (Å²) in [6.07, 6.45) is 4.02. The Balaban J connectivity index is 1.77. The Labute approximate surface area is 163 Å². The van der Waals surface area contributed by atoms with E-state index in [1.807, 2.05) is 24.3 Å². The Hall–Kier alpha value is -3.67. The van der Waals surface area contributed by atoms with Crippen molar-refractivity contribution in [3.63, 3.8) is 0 Å². The monoisotopic (exact) mass is 375 g/mol. The third-order valence-electron chi connectivity index (χ3n) is 4.23. The molecule has 0 atom stereocenters. The molecule has 1 aromatic heterocycles. The Morgan fingerprint density at radius 2 is 1.75 bits per heavy atom. The van der Waals surface area contributed by atoms with E-state index in [2.05, 4.69) is 22.5 Å². The summed E-state index contributed by atoms with van der Waals surface area (Å²) < 4.78 is 4.80. The first-order chi connectivity index (χ1) is 13.6. The number of carbonyl (C=O) groups excluding carboxylic acids is 2. The molecule has 0 aliphatic rings. The standard InChI is InChI=1S/C22H21N3O3/c1-3-15-8-10-17(11-9-15)25-21(26)16-12-18(14-23-13-16)24-20-7-5-4-6-19(20)22(27)28-2/h4-14,24H,3H2,1-2H3,(H,25,26). The lowest BCUT2D eigenvalue weighted by atomic mass is 10.1. The number of hydrogen-bond donors (Lipinski definition) is 2. The Morgan fingerprint density at radius 3 is 2.46 bits per heavy atom. The van der Waals surface area contributed by atoms with Crippen LogP contribution in [-0.4, -0.2) is 24.0 Å².